The molecule has 4 rings (SSSR count). The molecule has 1 aliphatic heterocycles. The van der Waals surface area contributed by atoms with Gasteiger partial charge in [-0.2, -0.15) is 13.2 Å². The highest BCUT2D eigenvalue weighted by Crippen LogP contribution is 2.44. The summed E-state index contributed by atoms with van der Waals surface area (Å²) < 4.78 is 53.7. The van der Waals surface area contributed by atoms with Gasteiger partial charge >= 0.3 is 6.18 Å². The molecule has 0 radical (unpaired) electrons. The molecule has 0 aliphatic carbocycles. The highest BCUT2D eigenvalue weighted by Gasteiger charge is 2.56. The van der Waals surface area contributed by atoms with Crippen LogP contribution in [0.2, 0.25) is 0 Å². The molecule has 1 aromatic heterocycles. The number of aromatic nitrogens is 2. The molecular weight excluding hydrogens is 459 g/mol. The molecule has 2 unspecified atom stereocenters. The van der Waals surface area contributed by atoms with Gasteiger partial charge in [-0.15, -0.1) is 0 Å². The maximum atomic E-state index is 14.1. The van der Waals surface area contributed by atoms with Crippen molar-refractivity contribution in [2.24, 2.45) is 10.4 Å². The van der Waals surface area contributed by atoms with Crippen LogP contribution in [0, 0.1) is 12.3 Å². The number of nitrogens with zero attached hydrogens (tertiary/aromatic N) is 3. The Kier molecular flexibility index (Phi) is 6.55. The number of halogens is 3. The maximum absolute atomic E-state index is 14.1. The average molecular weight is 486 g/mol. The van der Waals surface area contributed by atoms with Gasteiger partial charge in [0.15, 0.2) is 5.60 Å². The van der Waals surface area contributed by atoms with Crippen LogP contribution in [0.15, 0.2) is 71.7 Å². The molecule has 0 spiro atoms. The Morgan fingerprint density at radius 1 is 1.09 bits per heavy atom. The van der Waals surface area contributed by atoms with E-state index < -0.39 is 29.9 Å². The zero-order valence-corrected chi connectivity index (χ0v) is 19.6. The van der Waals surface area contributed by atoms with Gasteiger partial charge in [-0.1, -0.05) is 50.2 Å². The van der Waals surface area contributed by atoms with Gasteiger partial charge in [-0.3, -0.25) is 4.99 Å². The average Bonchev–Trinajstić information content (AvgIpc) is 3.26. The standard InChI is InChI=1S/C26H26F3N3O3/c1-17-30-13-19-20(10-7-11-21(19)32-17)31-16-25(33,26(27,28)29)15-24(2,3)22-14-34-23(35-22)12-18-8-5-4-6-9-18/h4-11,13-14,16,23,33H,12,15H2,1-3H3. The molecule has 6 nitrogen and oxygen atoms in total. The molecule has 35 heavy (non-hydrogen) atoms. The summed E-state index contributed by atoms with van der Waals surface area (Å²) in [5.74, 6) is 0.758. The second-order valence-corrected chi connectivity index (χ2v) is 9.22. The number of ether oxygens (including phenoxy) is 2. The second kappa shape index (κ2) is 9.30. The van der Waals surface area contributed by atoms with E-state index in [0.717, 1.165) is 5.56 Å². The topological polar surface area (TPSA) is 76.8 Å². The molecule has 184 valence electrons. The quantitative estimate of drug-likeness (QED) is 0.428. The zero-order chi connectivity index (χ0) is 25.3. The monoisotopic (exact) mass is 485 g/mol. The van der Waals surface area contributed by atoms with E-state index in [-0.39, 0.29) is 11.4 Å². The van der Waals surface area contributed by atoms with E-state index in [1.54, 1.807) is 39.0 Å². The number of aliphatic hydroxyl groups is 1. The van der Waals surface area contributed by atoms with E-state index in [0.29, 0.717) is 29.4 Å². The van der Waals surface area contributed by atoms with Crippen LogP contribution < -0.4 is 0 Å². The van der Waals surface area contributed by atoms with Crippen LogP contribution in [-0.4, -0.2) is 39.4 Å². The number of hydrogen-bond acceptors (Lipinski definition) is 6. The van der Waals surface area contributed by atoms with Crippen molar-refractivity contribution in [3.8, 4) is 0 Å². The van der Waals surface area contributed by atoms with E-state index in [1.165, 1.54) is 12.5 Å². The van der Waals surface area contributed by atoms with E-state index >= 15 is 0 Å². The summed E-state index contributed by atoms with van der Waals surface area (Å²) in [7, 11) is 0. The van der Waals surface area contributed by atoms with Crippen molar-refractivity contribution in [3.63, 3.8) is 0 Å². The molecule has 0 saturated heterocycles. The number of allylic oxidation sites excluding steroid dienone is 1. The number of rotatable bonds is 7. The fraction of sp³-hybridized carbons (Fsp3) is 0.346. The van der Waals surface area contributed by atoms with E-state index in [1.807, 2.05) is 30.3 Å². The first-order valence-corrected chi connectivity index (χ1v) is 11.1. The molecule has 1 aliphatic rings. The predicted octanol–water partition coefficient (Wildman–Crippen LogP) is 5.81. The molecule has 0 saturated carbocycles. The lowest BCUT2D eigenvalue weighted by molar-refractivity contribution is -0.237. The Bertz CT molecular complexity index is 1260. The van der Waals surface area contributed by atoms with E-state index in [9.17, 15) is 18.3 Å². The third-order valence-electron chi connectivity index (χ3n) is 5.84. The van der Waals surface area contributed by atoms with Crippen LogP contribution in [0.1, 0.15) is 31.7 Å². The molecule has 3 aromatic rings. The molecule has 9 heteroatoms. The minimum atomic E-state index is -4.98. The fourth-order valence-electron chi connectivity index (χ4n) is 3.95. The van der Waals surface area contributed by atoms with Crippen molar-refractivity contribution in [3.05, 3.63) is 78.1 Å². The predicted molar refractivity (Wildman–Crippen MR) is 126 cm³/mol. The van der Waals surface area contributed by atoms with Gasteiger partial charge in [-0.05, 0) is 24.6 Å². The number of alkyl halides is 3. The zero-order valence-electron chi connectivity index (χ0n) is 19.6. The Labute approximate surface area is 201 Å². The summed E-state index contributed by atoms with van der Waals surface area (Å²) in [5.41, 5.74) is -2.68. The summed E-state index contributed by atoms with van der Waals surface area (Å²) in [6.07, 6.45) is -2.55. The van der Waals surface area contributed by atoms with Gasteiger partial charge in [0.25, 0.3) is 0 Å². The van der Waals surface area contributed by atoms with Crippen LogP contribution in [0.4, 0.5) is 18.9 Å². The molecule has 0 bridgehead atoms. The lowest BCUT2D eigenvalue weighted by Gasteiger charge is -2.35. The van der Waals surface area contributed by atoms with E-state index in [4.69, 9.17) is 9.47 Å². The van der Waals surface area contributed by atoms with E-state index in [2.05, 4.69) is 15.0 Å². The van der Waals surface area contributed by atoms with Crippen molar-refractivity contribution >= 4 is 22.8 Å². The summed E-state index contributed by atoms with van der Waals surface area (Å²) in [6, 6.07) is 14.4. The fourth-order valence-corrected chi connectivity index (χ4v) is 3.95. The highest BCUT2D eigenvalue weighted by molar-refractivity contribution is 5.91. The third-order valence-corrected chi connectivity index (χ3v) is 5.84. The lowest BCUT2D eigenvalue weighted by atomic mass is 9.79. The molecule has 1 N–H and O–H groups in total. The number of aryl methyl sites for hydroxylation is 1. The first kappa shape index (κ1) is 24.7. The van der Waals surface area contributed by atoms with Crippen LogP contribution in [0.5, 0.6) is 0 Å². The van der Waals surface area contributed by atoms with Crippen LogP contribution in [0.25, 0.3) is 10.9 Å². The number of benzene rings is 2. The summed E-state index contributed by atoms with van der Waals surface area (Å²) >= 11 is 0. The first-order valence-electron chi connectivity index (χ1n) is 11.1. The molecule has 2 atom stereocenters. The molecule has 2 aromatic carbocycles. The number of hydrogen-bond donors (Lipinski definition) is 1. The largest absolute Gasteiger partial charge is 0.459 e. The minimum absolute atomic E-state index is 0.226. The van der Waals surface area contributed by atoms with Gasteiger partial charge in [0.1, 0.15) is 17.8 Å². The molecule has 2 heterocycles. The van der Waals surface area contributed by atoms with Crippen molar-refractivity contribution < 1.29 is 27.8 Å². The van der Waals surface area contributed by atoms with Crippen LogP contribution in [0.3, 0.4) is 0 Å². The Morgan fingerprint density at radius 3 is 2.54 bits per heavy atom. The summed E-state index contributed by atoms with van der Waals surface area (Å²) in [4.78, 5) is 12.4. The summed E-state index contributed by atoms with van der Waals surface area (Å²) in [6.45, 7) is 4.84. The van der Waals surface area contributed by atoms with Crippen molar-refractivity contribution in [1.82, 2.24) is 9.97 Å². The van der Waals surface area contributed by atoms with Gasteiger partial charge in [0.05, 0.1) is 11.2 Å². The van der Waals surface area contributed by atoms with Gasteiger partial charge in [-0.25, -0.2) is 9.97 Å². The second-order valence-electron chi connectivity index (χ2n) is 9.22. The first-order chi connectivity index (χ1) is 16.5. The summed E-state index contributed by atoms with van der Waals surface area (Å²) in [5, 5.41) is 11.3. The van der Waals surface area contributed by atoms with Gasteiger partial charge < -0.3 is 14.6 Å². The Hall–Kier alpha value is -3.46. The molecule has 0 fully saturated rings. The number of fused-ring (bicyclic) bond motifs is 1. The maximum Gasteiger partial charge on any atom is 0.422 e. The van der Waals surface area contributed by atoms with Crippen molar-refractivity contribution in [2.45, 2.75) is 51.7 Å². The Morgan fingerprint density at radius 2 is 1.83 bits per heavy atom. The SMILES string of the molecule is Cc1ncc2c(N=CC(O)(CC(C)(C)C3=COC(Cc4ccccc4)O3)C(F)(F)F)cccc2n1. The van der Waals surface area contributed by atoms with Gasteiger partial charge in [0.2, 0.25) is 6.29 Å². The number of aliphatic imine (C=N–C) groups is 1. The third kappa shape index (κ3) is 5.45. The smallest absolute Gasteiger partial charge is 0.422 e. The van der Waals surface area contributed by atoms with Gasteiger partial charge in [0, 0.05) is 36.1 Å². The van der Waals surface area contributed by atoms with Crippen LogP contribution in [-0.2, 0) is 15.9 Å². The molecular formula is C26H26F3N3O3. The van der Waals surface area contributed by atoms with Crippen molar-refractivity contribution in [1.29, 1.82) is 0 Å². The molecule has 0 amide bonds. The minimum Gasteiger partial charge on any atom is -0.459 e. The highest BCUT2D eigenvalue weighted by atomic mass is 19.4. The Balaban J connectivity index is 1.55. The lowest BCUT2D eigenvalue weighted by Crippen LogP contribution is -2.50. The normalized spacial score (nSPS) is 18.3. The van der Waals surface area contributed by atoms with Crippen molar-refractivity contribution in [2.75, 3.05) is 0 Å². The van der Waals surface area contributed by atoms with Crippen LogP contribution >= 0.6 is 0 Å².